The zero-order valence-corrected chi connectivity index (χ0v) is 5.74. The molecular weight excluding hydrogens is 102 g/mol. The molecule has 0 atom stereocenters. The molecule has 0 aliphatic rings. The average molecular weight is 117 g/mol. The first-order valence-corrected chi connectivity index (χ1v) is 3.20. The van der Waals surface area contributed by atoms with Crippen molar-refractivity contribution in [3.05, 3.63) is 0 Å². The average Bonchev–Trinajstić information content (AvgIpc) is 1.81. The molecule has 0 spiro atoms. The molecule has 8 heavy (non-hydrogen) atoms. The lowest BCUT2D eigenvalue weighted by Crippen LogP contribution is -2.07. The lowest BCUT2D eigenvalue weighted by atomic mass is 10.3. The molecule has 2 heteroatoms. The number of hydrogen-bond acceptors (Lipinski definition) is 2. The molecule has 0 aliphatic heterocycles. The van der Waals surface area contributed by atoms with Gasteiger partial charge in [0.1, 0.15) is 0 Å². The summed E-state index contributed by atoms with van der Waals surface area (Å²) in [6.07, 6.45) is 3.69. The molecule has 0 aliphatic carbocycles. The molecule has 0 radical (unpaired) electrons. The maximum atomic E-state index is 4.89. The van der Waals surface area contributed by atoms with Gasteiger partial charge in [0.15, 0.2) is 0 Å². The van der Waals surface area contributed by atoms with Crippen LogP contribution < -0.4 is 5.48 Å². The molecule has 0 aromatic heterocycles. The van der Waals surface area contributed by atoms with Crippen molar-refractivity contribution in [2.24, 2.45) is 0 Å². The molecule has 0 bridgehead atoms. The Morgan fingerprint density at radius 1 is 1.38 bits per heavy atom. The van der Waals surface area contributed by atoms with E-state index in [1.165, 1.54) is 12.8 Å². The van der Waals surface area contributed by atoms with Crippen molar-refractivity contribution in [3.63, 3.8) is 0 Å². The van der Waals surface area contributed by atoms with Gasteiger partial charge < -0.3 is 4.84 Å². The molecule has 0 saturated carbocycles. The zero-order chi connectivity index (χ0) is 6.24. The molecule has 0 heterocycles. The molecule has 0 fully saturated rings. The lowest BCUT2D eigenvalue weighted by Gasteiger charge is -1.97. The van der Waals surface area contributed by atoms with Crippen LogP contribution in [0, 0.1) is 0 Å². The molecule has 0 aromatic carbocycles. The number of nitrogens with one attached hydrogen (secondary N) is 1. The summed E-state index contributed by atoms with van der Waals surface area (Å²) in [5.74, 6) is 0. The van der Waals surface area contributed by atoms with Crippen LogP contribution in [0.4, 0.5) is 0 Å². The van der Waals surface area contributed by atoms with Gasteiger partial charge in [0.2, 0.25) is 0 Å². The quantitative estimate of drug-likeness (QED) is 0.433. The van der Waals surface area contributed by atoms with Crippen LogP contribution in [-0.2, 0) is 4.84 Å². The summed E-state index contributed by atoms with van der Waals surface area (Å²) in [6, 6.07) is 0. The monoisotopic (exact) mass is 117 g/mol. The van der Waals surface area contributed by atoms with Crippen LogP contribution in [0.1, 0.15) is 26.2 Å². The van der Waals surface area contributed by atoms with Crippen LogP contribution in [0.3, 0.4) is 0 Å². The highest BCUT2D eigenvalue weighted by Gasteiger charge is 1.82. The van der Waals surface area contributed by atoms with Crippen molar-refractivity contribution >= 4 is 0 Å². The van der Waals surface area contributed by atoms with Gasteiger partial charge >= 0.3 is 0 Å². The third-order valence-corrected chi connectivity index (χ3v) is 0.994. The summed E-state index contributed by atoms with van der Waals surface area (Å²) >= 11 is 0. The first kappa shape index (κ1) is 7.92. The molecule has 0 unspecified atom stereocenters. The second-order valence-corrected chi connectivity index (χ2v) is 1.76. The maximum absolute atomic E-state index is 4.89. The van der Waals surface area contributed by atoms with Crippen molar-refractivity contribution in [1.29, 1.82) is 0 Å². The molecule has 1 N–H and O–H groups in total. The molecule has 0 saturated heterocycles. The second kappa shape index (κ2) is 6.92. The van der Waals surface area contributed by atoms with E-state index in [-0.39, 0.29) is 0 Å². The van der Waals surface area contributed by atoms with Gasteiger partial charge in [-0.1, -0.05) is 19.8 Å². The topological polar surface area (TPSA) is 21.3 Å². The van der Waals surface area contributed by atoms with E-state index >= 15 is 0 Å². The van der Waals surface area contributed by atoms with Crippen LogP contribution in [0.2, 0.25) is 0 Å². The molecule has 2 nitrogen and oxygen atoms in total. The highest BCUT2D eigenvalue weighted by atomic mass is 16.6. The number of hydroxylamine groups is 1. The number of unbranched alkanes of at least 4 members (excludes halogenated alkanes) is 2. The van der Waals surface area contributed by atoms with E-state index in [0.29, 0.717) is 0 Å². The Labute approximate surface area is 51.2 Å². The molecular formula is C6H15NO. The fraction of sp³-hybridized carbons (Fsp3) is 1.00. The van der Waals surface area contributed by atoms with E-state index in [4.69, 9.17) is 4.84 Å². The summed E-state index contributed by atoms with van der Waals surface area (Å²) in [7, 11) is 1.78. The van der Waals surface area contributed by atoms with E-state index in [0.717, 1.165) is 13.0 Å². The van der Waals surface area contributed by atoms with Gasteiger partial charge in [-0.25, -0.2) is 5.48 Å². The van der Waals surface area contributed by atoms with Gasteiger partial charge in [-0.15, -0.1) is 0 Å². The van der Waals surface area contributed by atoms with Gasteiger partial charge in [0.05, 0.1) is 6.61 Å². The van der Waals surface area contributed by atoms with Crippen LogP contribution >= 0.6 is 0 Å². The summed E-state index contributed by atoms with van der Waals surface area (Å²) in [5, 5.41) is 0. The summed E-state index contributed by atoms with van der Waals surface area (Å²) in [5.41, 5.74) is 2.63. The Morgan fingerprint density at radius 3 is 2.62 bits per heavy atom. The first-order chi connectivity index (χ1) is 3.91. The minimum atomic E-state index is 0.838. The zero-order valence-electron chi connectivity index (χ0n) is 5.74. The Kier molecular flexibility index (Phi) is 6.85. The third kappa shape index (κ3) is 5.92. The fourth-order valence-corrected chi connectivity index (χ4v) is 0.526. The van der Waals surface area contributed by atoms with E-state index in [2.05, 4.69) is 12.4 Å². The van der Waals surface area contributed by atoms with E-state index < -0.39 is 0 Å². The Morgan fingerprint density at radius 2 is 2.12 bits per heavy atom. The predicted octanol–water partition coefficient (Wildman–Crippen LogP) is 1.33. The van der Waals surface area contributed by atoms with Gasteiger partial charge in [0.25, 0.3) is 0 Å². The predicted molar refractivity (Wildman–Crippen MR) is 34.5 cm³/mol. The summed E-state index contributed by atoms with van der Waals surface area (Å²) in [6.45, 7) is 3.02. The van der Waals surface area contributed by atoms with Crippen LogP contribution in [-0.4, -0.2) is 13.7 Å². The van der Waals surface area contributed by atoms with Crippen LogP contribution in [0.15, 0.2) is 0 Å². The molecule has 50 valence electrons. The largest absolute Gasteiger partial charge is 0.302 e. The number of hydrogen-bond donors (Lipinski definition) is 1. The molecule has 0 rings (SSSR count). The fourth-order valence-electron chi connectivity index (χ4n) is 0.526. The van der Waals surface area contributed by atoms with Gasteiger partial charge in [-0.05, 0) is 6.42 Å². The SMILES string of the molecule is CCCCCONC. The maximum Gasteiger partial charge on any atom is 0.0682 e. The van der Waals surface area contributed by atoms with Crippen LogP contribution in [0.5, 0.6) is 0 Å². The van der Waals surface area contributed by atoms with Crippen molar-refractivity contribution in [3.8, 4) is 0 Å². The Bertz CT molecular complexity index is 33.5. The highest BCUT2D eigenvalue weighted by molar-refractivity contribution is 4.32. The second-order valence-electron chi connectivity index (χ2n) is 1.76. The van der Waals surface area contributed by atoms with E-state index in [1.807, 2.05) is 0 Å². The van der Waals surface area contributed by atoms with Gasteiger partial charge in [-0.3, -0.25) is 0 Å². The minimum Gasteiger partial charge on any atom is -0.302 e. The number of rotatable bonds is 5. The van der Waals surface area contributed by atoms with E-state index in [1.54, 1.807) is 7.05 Å². The van der Waals surface area contributed by atoms with Crippen molar-refractivity contribution < 1.29 is 4.84 Å². The van der Waals surface area contributed by atoms with Crippen molar-refractivity contribution in [1.82, 2.24) is 5.48 Å². The van der Waals surface area contributed by atoms with Gasteiger partial charge in [-0.2, -0.15) is 0 Å². The Balaban J connectivity index is 2.53. The molecule has 0 amide bonds. The minimum absolute atomic E-state index is 0.838. The van der Waals surface area contributed by atoms with Gasteiger partial charge in [0, 0.05) is 7.05 Å². The summed E-state index contributed by atoms with van der Waals surface area (Å²) < 4.78 is 0. The van der Waals surface area contributed by atoms with E-state index in [9.17, 15) is 0 Å². The summed E-state index contributed by atoms with van der Waals surface area (Å²) in [4.78, 5) is 4.89. The first-order valence-electron chi connectivity index (χ1n) is 3.20. The van der Waals surface area contributed by atoms with Crippen molar-refractivity contribution in [2.75, 3.05) is 13.7 Å². The smallest absolute Gasteiger partial charge is 0.0682 e. The highest BCUT2D eigenvalue weighted by Crippen LogP contribution is 1.91. The normalized spacial score (nSPS) is 9.75. The van der Waals surface area contributed by atoms with Crippen LogP contribution in [0.25, 0.3) is 0 Å². The molecule has 0 aromatic rings. The third-order valence-electron chi connectivity index (χ3n) is 0.994. The van der Waals surface area contributed by atoms with Crippen molar-refractivity contribution in [2.45, 2.75) is 26.2 Å². The lowest BCUT2D eigenvalue weighted by molar-refractivity contribution is 0.0553. The standard InChI is InChI=1S/C6H15NO/c1-3-4-5-6-8-7-2/h7H,3-6H2,1-2H3. The Hall–Kier alpha value is -0.0800.